The lowest BCUT2D eigenvalue weighted by Gasteiger charge is -2.02. The zero-order valence-corrected chi connectivity index (χ0v) is 9.74. The Hall–Kier alpha value is -2.56. The molecule has 3 heterocycles. The number of hydrogen-bond donors (Lipinski definition) is 0. The maximum absolute atomic E-state index is 10.7. The van der Waals surface area contributed by atoms with E-state index in [4.69, 9.17) is 0 Å². The largest absolute Gasteiger partial charge is 0.306 e. The second kappa shape index (κ2) is 4.03. The summed E-state index contributed by atoms with van der Waals surface area (Å²) in [4.78, 5) is 23.1. The Balaban J connectivity index is 2.12. The van der Waals surface area contributed by atoms with Crippen LogP contribution >= 0.6 is 0 Å². The van der Waals surface area contributed by atoms with Crippen molar-refractivity contribution in [2.24, 2.45) is 0 Å². The molecule has 0 aliphatic carbocycles. The predicted octanol–water partition coefficient (Wildman–Crippen LogP) is 1.91. The summed E-state index contributed by atoms with van der Waals surface area (Å²) in [5, 5.41) is 0. The zero-order valence-electron chi connectivity index (χ0n) is 9.74. The van der Waals surface area contributed by atoms with E-state index in [1.165, 1.54) is 0 Å². The molecule has 0 aliphatic heterocycles. The Morgan fingerprint density at radius 3 is 2.61 bits per heavy atom. The summed E-state index contributed by atoms with van der Waals surface area (Å²) < 4.78 is 1.82. The molecule has 5 nitrogen and oxygen atoms in total. The lowest BCUT2D eigenvalue weighted by atomic mass is 10.1. The van der Waals surface area contributed by atoms with Gasteiger partial charge in [0.25, 0.3) is 0 Å². The number of fused-ring (bicyclic) bond motifs is 1. The second-order valence-corrected chi connectivity index (χ2v) is 3.99. The Morgan fingerprint density at radius 1 is 1.11 bits per heavy atom. The number of carbonyl (C=O) groups is 1. The fourth-order valence-corrected chi connectivity index (χ4v) is 1.78. The van der Waals surface area contributed by atoms with Gasteiger partial charge in [0.15, 0.2) is 6.29 Å². The third-order valence-electron chi connectivity index (χ3n) is 2.70. The van der Waals surface area contributed by atoms with Crippen LogP contribution < -0.4 is 0 Å². The molecule has 0 saturated carbocycles. The summed E-state index contributed by atoms with van der Waals surface area (Å²) in [5.74, 6) is 0.741. The number of hydrogen-bond acceptors (Lipinski definition) is 4. The number of aryl methyl sites for hydroxylation is 1. The molecule has 0 amide bonds. The number of nitrogens with zero attached hydrogens (tertiary/aromatic N) is 4. The lowest BCUT2D eigenvalue weighted by Crippen LogP contribution is -1.89. The fraction of sp³-hybridized carbons (Fsp3) is 0.0769. The first-order valence-electron chi connectivity index (χ1n) is 5.49. The summed E-state index contributed by atoms with van der Waals surface area (Å²) in [6, 6.07) is 3.80. The summed E-state index contributed by atoms with van der Waals surface area (Å²) in [7, 11) is 0. The predicted molar refractivity (Wildman–Crippen MR) is 66.3 cm³/mol. The topological polar surface area (TPSA) is 60.2 Å². The highest BCUT2D eigenvalue weighted by Crippen LogP contribution is 2.18. The number of carbonyl (C=O) groups excluding carboxylic acids is 1. The summed E-state index contributed by atoms with van der Waals surface area (Å²) >= 11 is 0. The van der Waals surface area contributed by atoms with Gasteiger partial charge >= 0.3 is 0 Å². The normalized spacial score (nSPS) is 10.7. The Kier molecular flexibility index (Phi) is 2.37. The number of imidazole rings is 1. The van der Waals surface area contributed by atoms with E-state index < -0.39 is 0 Å². The van der Waals surface area contributed by atoms with Gasteiger partial charge in [-0.05, 0) is 19.1 Å². The van der Waals surface area contributed by atoms with Crippen molar-refractivity contribution in [3.05, 3.63) is 48.4 Å². The van der Waals surface area contributed by atoms with Gasteiger partial charge in [-0.1, -0.05) is 0 Å². The Labute approximate surface area is 103 Å². The van der Waals surface area contributed by atoms with Gasteiger partial charge in [0.2, 0.25) is 0 Å². The van der Waals surface area contributed by atoms with E-state index in [9.17, 15) is 4.79 Å². The van der Waals surface area contributed by atoms with Crippen LogP contribution in [0.25, 0.3) is 16.8 Å². The molecule has 88 valence electrons. The van der Waals surface area contributed by atoms with Crippen LogP contribution in [0.4, 0.5) is 0 Å². The molecule has 0 spiro atoms. The molecule has 0 aliphatic rings. The van der Waals surface area contributed by atoms with Gasteiger partial charge in [-0.3, -0.25) is 4.79 Å². The SMILES string of the molecule is Cc1ncc(-c2ccc3nc(C=O)cn3c2)cn1. The van der Waals surface area contributed by atoms with Crippen molar-refractivity contribution in [1.29, 1.82) is 0 Å². The van der Waals surface area contributed by atoms with Crippen LogP contribution in [0.5, 0.6) is 0 Å². The smallest absolute Gasteiger partial charge is 0.170 e. The van der Waals surface area contributed by atoms with E-state index in [-0.39, 0.29) is 0 Å². The molecule has 0 aromatic carbocycles. The average molecular weight is 238 g/mol. The molecule has 0 unspecified atom stereocenters. The van der Waals surface area contributed by atoms with Crippen molar-refractivity contribution in [3.63, 3.8) is 0 Å². The lowest BCUT2D eigenvalue weighted by molar-refractivity contribution is 0.111. The van der Waals surface area contributed by atoms with Crippen LogP contribution in [0.1, 0.15) is 16.3 Å². The maximum atomic E-state index is 10.7. The molecule has 3 aromatic rings. The third kappa shape index (κ3) is 1.75. The molecule has 0 fully saturated rings. The molecule has 0 bridgehead atoms. The molecule has 18 heavy (non-hydrogen) atoms. The maximum Gasteiger partial charge on any atom is 0.170 e. The van der Waals surface area contributed by atoms with E-state index >= 15 is 0 Å². The van der Waals surface area contributed by atoms with Crippen molar-refractivity contribution >= 4 is 11.9 Å². The van der Waals surface area contributed by atoms with Crippen molar-refractivity contribution in [1.82, 2.24) is 19.4 Å². The number of aldehydes is 1. The average Bonchev–Trinajstić information content (AvgIpc) is 2.81. The molecule has 0 radical (unpaired) electrons. The zero-order chi connectivity index (χ0) is 12.5. The van der Waals surface area contributed by atoms with Crippen molar-refractivity contribution in [2.75, 3.05) is 0 Å². The first kappa shape index (κ1) is 10.6. The van der Waals surface area contributed by atoms with E-state index in [0.29, 0.717) is 5.69 Å². The van der Waals surface area contributed by atoms with Crippen LogP contribution in [-0.4, -0.2) is 25.6 Å². The van der Waals surface area contributed by atoms with E-state index in [2.05, 4.69) is 15.0 Å². The molecule has 0 saturated heterocycles. The standard InChI is InChI=1S/C13H10N4O/c1-9-14-4-11(5-15-9)10-2-3-13-16-12(8-18)7-17(13)6-10/h2-8H,1H3. The van der Waals surface area contributed by atoms with Gasteiger partial charge in [0.05, 0.1) is 0 Å². The first-order chi connectivity index (χ1) is 8.76. The van der Waals surface area contributed by atoms with Crippen LogP contribution in [-0.2, 0) is 0 Å². The number of pyridine rings is 1. The molecule has 0 N–H and O–H groups in total. The molecule has 3 aromatic heterocycles. The van der Waals surface area contributed by atoms with E-state index in [0.717, 1.165) is 28.9 Å². The fourth-order valence-electron chi connectivity index (χ4n) is 1.78. The summed E-state index contributed by atoms with van der Waals surface area (Å²) in [6.07, 6.45) is 7.90. The van der Waals surface area contributed by atoms with Gasteiger partial charge in [0.1, 0.15) is 17.2 Å². The van der Waals surface area contributed by atoms with Gasteiger partial charge in [-0.2, -0.15) is 0 Å². The first-order valence-corrected chi connectivity index (χ1v) is 5.49. The minimum absolute atomic E-state index is 0.423. The molecular weight excluding hydrogens is 228 g/mol. The van der Waals surface area contributed by atoms with Crippen LogP contribution in [0.2, 0.25) is 0 Å². The molecule has 0 atom stereocenters. The Morgan fingerprint density at radius 2 is 1.89 bits per heavy atom. The van der Waals surface area contributed by atoms with Gasteiger partial charge in [-0.15, -0.1) is 0 Å². The summed E-state index contributed by atoms with van der Waals surface area (Å²) in [6.45, 7) is 1.85. The number of aromatic nitrogens is 4. The van der Waals surface area contributed by atoms with Gasteiger partial charge in [0, 0.05) is 35.9 Å². The molecule has 3 rings (SSSR count). The second-order valence-electron chi connectivity index (χ2n) is 3.99. The van der Waals surface area contributed by atoms with Crippen molar-refractivity contribution < 1.29 is 4.79 Å². The monoisotopic (exact) mass is 238 g/mol. The highest BCUT2D eigenvalue weighted by Gasteiger charge is 2.03. The number of rotatable bonds is 2. The van der Waals surface area contributed by atoms with Gasteiger partial charge in [-0.25, -0.2) is 15.0 Å². The third-order valence-corrected chi connectivity index (χ3v) is 2.70. The Bertz CT molecular complexity index is 715. The summed E-state index contributed by atoms with van der Waals surface area (Å²) in [5.41, 5.74) is 3.09. The van der Waals surface area contributed by atoms with Crippen molar-refractivity contribution in [3.8, 4) is 11.1 Å². The molecular formula is C13H10N4O. The van der Waals surface area contributed by atoms with Gasteiger partial charge < -0.3 is 4.40 Å². The van der Waals surface area contributed by atoms with Crippen LogP contribution in [0, 0.1) is 6.92 Å². The molecule has 5 heteroatoms. The van der Waals surface area contributed by atoms with E-state index in [1.54, 1.807) is 18.6 Å². The highest BCUT2D eigenvalue weighted by atomic mass is 16.1. The highest BCUT2D eigenvalue weighted by molar-refractivity contribution is 5.73. The minimum atomic E-state index is 0.423. The minimum Gasteiger partial charge on any atom is -0.306 e. The van der Waals surface area contributed by atoms with Crippen molar-refractivity contribution in [2.45, 2.75) is 6.92 Å². The van der Waals surface area contributed by atoms with Crippen LogP contribution in [0.15, 0.2) is 36.9 Å². The van der Waals surface area contributed by atoms with E-state index in [1.807, 2.05) is 29.7 Å². The quantitative estimate of drug-likeness (QED) is 0.640. The van der Waals surface area contributed by atoms with Crippen LogP contribution in [0.3, 0.4) is 0 Å².